The van der Waals surface area contributed by atoms with Crippen molar-refractivity contribution in [1.82, 2.24) is 0 Å². The first-order valence-corrected chi connectivity index (χ1v) is 3.99. The van der Waals surface area contributed by atoms with Crippen LogP contribution in [0.1, 0.15) is 19.8 Å². The molecule has 1 saturated carbocycles. The highest BCUT2D eigenvalue weighted by atomic mass is 16.7. The van der Waals surface area contributed by atoms with Gasteiger partial charge in [0.05, 0.1) is 6.10 Å². The number of ether oxygens (including phenoxy) is 2. The Morgan fingerprint density at radius 2 is 2.20 bits per heavy atom. The molecule has 0 bridgehead atoms. The highest BCUT2D eigenvalue weighted by Crippen LogP contribution is 2.49. The molecule has 0 aromatic heterocycles. The Hall–Kier alpha value is -0.0800. The molecule has 10 heavy (non-hydrogen) atoms. The summed E-state index contributed by atoms with van der Waals surface area (Å²) in [5.41, 5.74) is 0. The largest absolute Gasteiger partial charge is 0.356 e. The minimum atomic E-state index is 0.105. The minimum absolute atomic E-state index is 0.105. The summed E-state index contributed by atoms with van der Waals surface area (Å²) in [5, 5.41) is 0. The summed E-state index contributed by atoms with van der Waals surface area (Å²) >= 11 is 0. The van der Waals surface area contributed by atoms with Crippen LogP contribution in [0.4, 0.5) is 0 Å². The third-order valence-electron chi connectivity index (χ3n) is 2.56. The van der Waals surface area contributed by atoms with Gasteiger partial charge in [0, 0.05) is 13.0 Å². The molecule has 1 aliphatic heterocycles. The first-order chi connectivity index (χ1) is 4.81. The van der Waals surface area contributed by atoms with Crippen LogP contribution in [0.5, 0.6) is 0 Å². The summed E-state index contributed by atoms with van der Waals surface area (Å²) in [6.45, 7) is 2.13. The minimum Gasteiger partial charge on any atom is -0.356 e. The lowest BCUT2D eigenvalue weighted by Gasteiger charge is -2.25. The van der Waals surface area contributed by atoms with Crippen LogP contribution in [-0.4, -0.2) is 19.5 Å². The average molecular weight is 142 g/mol. The third kappa shape index (κ3) is 0.956. The summed E-state index contributed by atoms with van der Waals surface area (Å²) < 4.78 is 10.8. The van der Waals surface area contributed by atoms with Gasteiger partial charge >= 0.3 is 0 Å². The van der Waals surface area contributed by atoms with Gasteiger partial charge in [-0.2, -0.15) is 0 Å². The predicted molar refractivity (Wildman–Crippen MR) is 37.6 cm³/mol. The maximum Gasteiger partial charge on any atom is 0.160 e. The quantitative estimate of drug-likeness (QED) is 0.551. The first-order valence-electron chi connectivity index (χ1n) is 3.99. The molecule has 4 atom stereocenters. The molecular formula is C8H14O2. The summed E-state index contributed by atoms with van der Waals surface area (Å²) in [4.78, 5) is 0. The van der Waals surface area contributed by atoms with Crippen molar-refractivity contribution in [2.45, 2.75) is 32.2 Å². The standard InChI is InChI=1S/C8H14O2/c1-5-3-6-4-7(6)8(9-2)10-5/h5-8H,3-4H2,1-2H3/t5-,6+,7-,8-/m1/s1. The van der Waals surface area contributed by atoms with Gasteiger partial charge in [0.2, 0.25) is 0 Å². The van der Waals surface area contributed by atoms with E-state index >= 15 is 0 Å². The molecule has 1 saturated heterocycles. The van der Waals surface area contributed by atoms with Crippen molar-refractivity contribution in [3.8, 4) is 0 Å². The van der Waals surface area contributed by atoms with Gasteiger partial charge in [-0.3, -0.25) is 0 Å². The summed E-state index contributed by atoms with van der Waals surface area (Å²) in [6.07, 6.45) is 3.08. The SMILES string of the molecule is CO[C@@H]1O[C@H](C)C[C@H]2C[C@H]21. The van der Waals surface area contributed by atoms with Gasteiger partial charge in [-0.15, -0.1) is 0 Å². The van der Waals surface area contributed by atoms with E-state index in [0.29, 0.717) is 6.10 Å². The molecule has 0 spiro atoms. The van der Waals surface area contributed by atoms with E-state index in [1.54, 1.807) is 7.11 Å². The molecular weight excluding hydrogens is 128 g/mol. The number of rotatable bonds is 1. The lowest BCUT2D eigenvalue weighted by molar-refractivity contribution is -0.182. The second-order valence-electron chi connectivity index (χ2n) is 3.45. The summed E-state index contributed by atoms with van der Waals surface area (Å²) in [7, 11) is 1.73. The van der Waals surface area contributed by atoms with E-state index in [4.69, 9.17) is 9.47 Å². The number of fused-ring (bicyclic) bond motifs is 1. The van der Waals surface area contributed by atoms with Crippen molar-refractivity contribution in [3.63, 3.8) is 0 Å². The predicted octanol–water partition coefficient (Wildman–Crippen LogP) is 1.40. The van der Waals surface area contributed by atoms with E-state index in [1.165, 1.54) is 12.8 Å². The fraction of sp³-hybridized carbons (Fsp3) is 1.00. The van der Waals surface area contributed by atoms with Crippen LogP contribution in [0.25, 0.3) is 0 Å². The van der Waals surface area contributed by atoms with Crippen LogP contribution in [0.15, 0.2) is 0 Å². The lowest BCUT2D eigenvalue weighted by Crippen LogP contribution is -2.29. The molecule has 2 fully saturated rings. The van der Waals surface area contributed by atoms with Crippen molar-refractivity contribution < 1.29 is 9.47 Å². The molecule has 2 aliphatic rings. The van der Waals surface area contributed by atoms with E-state index in [-0.39, 0.29) is 6.29 Å². The highest BCUT2D eigenvalue weighted by Gasteiger charge is 2.48. The zero-order valence-electron chi connectivity index (χ0n) is 6.54. The molecule has 0 N–H and O–H groups in total. The van der Waals surface area contributed by atoms with Gasteiger partial charge < -0.3 is 9.47 Å². The maximum atomic E-state index is 5.57. The van der Waals surface area contributed by atoms with Gasteiger partial charge in [-0.1, -0.05) is 0 Å². The molecule has 2 rings (SSSR count). The Kier molecular flexibility index (Phi) is 1.46. The fourth-order valence-corrected chi connectivity index (χ4v) is 1.92. The molecule has 0 radical (unpaired) electrons. The summed E-state index contributed by atoms with van der Waals surface area (Å²) in [6, 6.07) is 0. The van der Waals surface area contributed by atoms with Gasteiger partial charge in [0.1, 0.15) is 0 Å². The van der Waals surface area contributed by atoms with Crippen molar-refractivity contribution >= 4 is 0 Å². The van der Waals surface area contributed by atoms with Crippen molar-refractivity contribution in [3.05, 3.63) is 0 Å². The molecule has 58 valence electrons. The van der Waals surface area contributed by atoms with E-state index in [0.717, 1.165) is 11.8 Å². The van der Waals surface area contributed by atoms with Crippen molar-refractivity contribution in [1.29, 1.82) is 0 Å². The van der Waals surface area contributed by atoms with Gasteiger partial charge in [-0.25, -0.2) is 0 Å². The molecule has 2 nitrogen and oxygen atoms in total. The molecule has 0 unspecified atom stereocenters. The second kappa shape index (κ2) is 2.21. The molecule has 0 amide bonds. The number of hydrogen-bond donors (Lipinski definition) is 0. The van der Waals surface area contributed by atoms with E-state index < -0.39 is 0 Å². The normalized spacial score (nSPS) is 52.2. The third-order valence-corrected chi connectivity index (χ3v) is 2.56. The zero-order chi connectivity index (χ0) is 7.14. The maximum absolute atomic E-state index is 5.57. The number of hydrogen-bond acceptors (Lipinski definition) is 2. The van der Waals surface area contributed by atoms with Crippen LogP contribution in [-0.2, 0) is 9.47 Å². The molecule has 1 aliphatic carbocycles. The Morgan fingerprint density at radius 1 is 1.40 bits per heavy atom. The van der Waals surface area contributed by atoms with Gasteiger partial charge in [0.15, 0.2) is 6.29 Å². The van der Waals surface area contributed by atoms with E-state index in [1.807, 2.05) is 0 Å². The average Bonchev–Trinajstić information content (AvgIpc) is 2.64. The Morgan fingerprint density at radius 3 is 2.90 bits per heavy atom. The number of methoxy groups -OCH3 is 1. The summed E-state index contributed by atoms with van der Waals surface area (Å²) in [5.74, 6) is 1.63. The fourth-order valence-electron chi connectivity index (χ4n) is 1.92. The van der Waals surface area contributed by atoms with Crippen LogP contribution < -0.4 is 0 Å². The van der Waals surface area contributed by atoms with Crippen LogP contribution in [0.2, 0.25) is 0 Å². The van der Waals surface area contributed by atoms with E-state index in [9.17, 15) is 0 Å². The Labute approximate surface area is 61.5 Å². The van der Waals surface area contributed by atoms with Crippen LogP contribution in [0.3, 0.4) is 0 Å². The smallest absolute Gasteiger partial charge is 0.160 e. The molecule has 0 aromatic carbocycles. The zero-order valence-corrected chi connectivity index (χ0v) is 6.54. The lowest BCUT2D eigenvalue weighted by atomic mass is 10.1. The molecule has 2 heteroatoms. The van der Waals surface area contributed by atoms with Crippen molar-refractivity contribution in [2.75, 3.05) is 7.11 Å². The second-order valence-corrected chi connectivity index (χ2v) is 3.45. The van der Waals surface area contributed by atoms with Crippen LogP contribution >= 0.6 is 0 Å². The van der Waals surface area contributed by atoms with Gasteiger partial charge in [0.25, 0.3) is 0 Å². The van der Waals surface area contributed by atoms with Crippen molar-refractivity contribution in [2.24, 2.45) is 11.8 Å². The molecule has 0 aromatic rings. The van der Waals surface area contributed by atoms with Crippen LogP contribution in [0, 0.1) is 11.8 Å². The van der Waals surface area contributed by atoms with Gasteiger partial charge in [-0.05, 0) is 25.7 Å². The molecule has 1 heterocycles. The van der Waals surface area contributed by atoms with E-state index in [2.05, 4.69) is 6.92 Å². The highest BCUT2D eigenvalue weighted by molar-refractivity contribution is 4.93. The monoisotopic (exact) mass is 142 g/mol. The Balaban J connectivity index is 1.96. The first kappa shape index (κ1) is 6.62. The topological polar surface area (TPSA) is 18.5 Å². The Bertz CT molecular complexity index is 135.